The number of aromatic carboxylic acids is 1. The van der Waals surface area contributed by atoms with Crippen LogP contribution in [0.2, 0.25) is 0 Å². The molecule has 0 radical (unpaired) electrons. The number of carboxylic acid groups (broad SMARTS) is 1. The first-order chi connectivity index (χ1) is 9.40. The van der Waals surface area contributed by atoms with Gasteiger partial charge in [-0.3, -0.25) is 14.2 Å². The number of carbonyl (C=O) groups is 2. The number of carbonyl (C=O) groups excluding carboxylic acids is 1. The lowest BCUT2D eigenvalue weighted by Gasteiger charge is -2.05. The largest absolute Gasteiger partial charge is 0.478 e. The van der Waals surface area contributed by atoms with E-state index in [9.17, 15) is 9.59 Å². The summed E-state index contributed by atoms with van der Waals surface area (Å²) in [6.07, 6.45) is 2.98. The Labute approximate surface area is 127 Å². The first-order valence-electron chi connectivity index (χ1n) is 5.61. The molecule has 20 heavy (non-hydrogen) atoms. The third kappa shape index (κ3) is 2.81. The van der Waals surface area contributed by atoms with E-state index < -0.39 is 5.97 Å². The lowest BCUT2D eigenvalue weighted by molar-refractivity contribution is 0.0694. The van der Waals surface area contributed by atoms with Crippen LogP contribution >= 0.6 is 22.6 Å². The average Bonchev–Trinajstić information content (AvgIpc) is 2.90. The van der Waals surface area contributed by atoms with Gasteiger partial charge in [0.05, 0.1) is 22.0 Å². The molecule has 1 amide bonds. The summed E-state index contributed by atoms with van der Waals surface area (Å²) in [7, 11) is 3.29. The van der Waals surface area contributed by atoms with E-state index in [0.29, 0.717) is 11.4 Å². The number of amides is 1. The van der Waals surface area contributed by atoms with Crippen molar-refractivity contribution < 1.29 is 14.7 Å². The highest BCUT2D eigenvalue weighted by Gasteiger charge is 2.18. The van der Waals surface area contributed by atoms with E-state index in [4.69, 9.17) is 5.11 Å². The fourth-order valence-electron chi connectivity index (χ4n) is 1.76. The zero-order valence-electron chi connectivity index (χ0n) is 10.8. The molecule has 0 atom stereocenters. The summed E-state index contributed by atoms with van der Waals surface area (Å²) in [5, 5.41) is 19.7. The Balaban J connectivity index is 2.13. The Morgan fingerprint density at radius 2 is 2.15 bits per heavy atom. The number of carboxylic acids is 1. The van der Waals surface area contributed by atoms with Crippen LogP contribution in [0.3, 0.4) is 0 Å². The van der Waals surface area contributed by atoms with Gasteiger partial charge in [-0.25, -0.2) is 4.79 Å². The minimum atomic E-state index is -1.07. The molecule has 2 aromatic heterocycles. The molecule has 0 aliphatic carbocycles. The molecule has 0 saturated carbocycles. The Morgan fingerprint density at radius 1 is 1.45 bits per heavy atom. The predicted molar refractivity (Wildman–Crippen MR) is 77.3 cm³/mol. The van der Waals surface area contributed by atoms with Crippen molar-refractivity contribution in [1.82, 2.24) is 24.9 Å². The fourth-order valence-corrected chi connectivity index (χ4v) is 2.48. The smallest absolute Gasteiger partial charge is 0.339 e. The summed E-state index contributed by atoms with van der Waals surface area (Å²) in [6.45, 7) is 0.0442. The van der Waals surface area contributed by atoms with Crippen molar-refractivity contribution >= 4 is 34.5 Å². The third-order valence-corrected chi connectivity index (χ3v) is 3.45. The van der Waals surface area contributed by atoms with Crippen molar-refractivity contribution in [2.24, 2.45) is 14.1 Å². The summed E-state index contributed by atoms with van der Waals surface area (Å²) >= 11 is 2.01. The summed E-state index contributed by atoms with van der Waals surface area (Å²) in [4.78, 5) is 23.1. The van der Waals surface area contributed by atoms with Crippen molar-refractivity contribution in [3.05, 3.63) is 32.9 Å². The summed E-state index contributed by atoms with van der Waals surface area (Å²) in [5.74, 6) is -1.39. The Kier molecular flexibility index (Phi) is 4.06. The molecular weight excluding hydrogens is 377 g/mol. The number of halogens is 1. The van der Waals surface area contributed by atoms with Gasteiger partial charge in [0, 0.05) is 20.3 Å². The predicted octanol–water partition coefficient (Wildman–Crippen LogP) is 0.386. The number of rotatable bonds is 4. The molecule has 2 rings (SSSR count). The van der Waals surface area contributed by atoms with Crippen LogP contribution in [0.5, 0.6) is 0 Å². The molecule has 2 heterocycles. The molecule has 9 heteroatoms. The number of nitrogens with one attached hydrogen (secondary N) is 1. The SMILES string of the molecule is Cn1cc(C(=O)O)c(CNC(=O)c2c(I)cnn2C)n1. The molecule has 0 aliphatic heterocycles. The van der Waals surface area contributed by atoms with Gasteiger partial charge in [0.2, 0.25) is 0 Å². The van der Waals surface area contributed by atoms with Crippen LogP contribution in [-0.2, 0) is 20.6 Å². The minimum Gasteiger partial charge on any atom is -0.478 e. The van der Waals surface area contributed by atoms with Crippen molar-refractivity contribution in [3.63, 3.8) is 0 Å². The van der Waals surface area contributed by atoms with Crippen LogP contribution in [-0.4, -0.2) is 36.5 Å². The normalized spacial score (nSPS) is 10.6. The molecule has 0 aromatic carbocycles. The maximum Gasteiger partial charge on any atom is 0.339 e. The van der Waals surface area contributed by atoms with Gasteiger partial charge in [-0.05, 0) is 22.6 Å². The number of aromatic nitrogens is 4. The van der Waals surface area contributed by atoms with Crippen LogP contribution in [0.4, 0.5) is 0 Å². The number of hydrogen-bond acceptors (Lipinski definition) is 4. The second kappa shape index (κ2) is 5.61. The fraction of sp³-hybridized carbons (Fsp3) is 0.273. The van der Waals surface area contributed by atoms with Crippen molar-refractivity contribution in [2.75, 3.05) is 0 Å². The Bertz CT molecular complexity index is 656. The molecule has 0 spiro atoms. The second-order valence-electron chi connectivity index (χ2n) is 4.12. The molecule has 0 bridgehead atoms. The lowest BCUT2D eigenvalue weighted by atomic mass is 10.2. The van der Waals surface area contributed by atoms with E-state index in [-0.39, 0.29) is 18.0 Å². The molecule has 8 nitrogen and oxygen atoms in total. The van der Waals surface area contributed by atoms with E-state index in [2.05, 4.69) is 15.5 Å². The highest BCUT2D eigenvalue weighted by Crippen LogP contribution is 2.11. The van der Waals surface area contributed by atoms with Crippen LogP contribution in [0.1, 0.15) is 26.5 Å². The van der Waals surface area contributed by atoms with Crippen LogP contribution in [0.25, 0.3) is 0 Å². The van der Waals surface area contributed by atoms with E-state index >= 15 is 0 Å². The Morgan fingerprint density at radius 3 is 2.70 bits per heavy atom. The molecule has 0 fully saturated rings. The van der Waals surface area contributed by atoms with Gasteiger partial charge >= 0.3 is 5.97 Å². The van der Waals surface area contributed by atoms with E-state index in [1.807, 2.05) is 22.6 Å². The van der Waals surface area contributed by atoms with Gasteiger partial charge < -0.3 is 10.4 Å². The number of nitrogens with zero attached hydrogens (tertiary/aromatic N) is 4. The molecule has 2 aromatic rings. The van der Waals surface area contributed by atoms with E-state index in [0.717, 1.165) is 3.57 Å². The quantitative estimate of drug-likeness (QED) is 0.737. The second-order valence-corrected chi connectivity index (χ2v) is 5.28. The highest BCUT2D eigenvalue weighted by molar-refractivity contribution is 14.1. The molecule has 0 unspecified atom stereocenters. The lowest BCUT2D eigenvalue weighted by Crippen LogP contribution is -2.26. The van der Waals surface area contributed by atoms with Gasteiger partial charge in [-0.15, -0.1) is 0 Å². The molecule has 0 saturated heterocycles. The Hall–Kier alpha value is -1.91. The summed E-state index contributed by atoms with van der Waals surface area (Å²) in [5.41, 5.74) is 0.816. The molecular formula is C11H12IN5O3. The average molecular weight is 389 g/mol. The zero-order chi connectivity index (χ0) is 14.9. The van der Waals surface area contributed by atoms with Crippen molar-refractivity contribution in [3.8, 4) is 0 Å². The highest BCUT2D eigenvalue weighted by atomic mass is 127. The van der Waals surface area contributed by atoms with Gasteiger partial charge in [-0.2, -0.15) is 10.2 Å². The summed E-state index contributed by atoms with van der Waals surface area (Å²) < 4.78 is 3.59. The molecule has 2 N–H and O–H groups in total. The minimum absolute atomic E-state index is 0.0442. The first kappa shape index (κ1) is 14.5. The third-order valence-electron chi connectivity index (χ3n) is 2.66. The van der Waals surface area contributed by atoms with Crippen LogP contribution in [0, 0.1) is 3.57 Å². The number of hydrogen-bond donors (Lipinski definition) is 2. The van der Waals surface area contributed by atoms with Gasteiger partial charge in [-0.1, -0.05) is 0 Å². The van der Waals surface area contributed by atoms with Gasteiger partial charge in [0.15, 0.2) is 0 Å². The zero-order valence-corrected chi connectivity index (χ0v) is 12.9. The summed E-state index contributed by atoms with van der Waals surface area (Å²) in [6, 6.07) is 0. The van der Waals surface area contributed by atoms with Crippen molar-refractivity contribution in [2.45, 2.75) is 6.54 Å². The van der Waals surface area contributed by atoms with Crippen molar-refractivity contribution in [1.29, 1.82) is 0 Å². The maximum atomic E-state index is 12.0. The molecule has 106 valence electrons. The van der Waals surface area contributed by atoms with Gasteiger partial charge in [0.25, 0.3) is 5.91 Å². The van der Waals surface area contributed by atoms with E-state index in [1.165, 1.54) is 15.6 Å². The van der Waals surface area contributed by atoms with Crippen LogP contribution in [0.15, 0.2) is 12.4 Å². The van der Waals surface area contributed by atoms with E-state index in [1.54, 1.807) is 20.3 Å². The van der Waals surface area contributed by atoms with Gasteiger partial charge in [0.1, 0.15) is 11.3 Å². The number of aryl methyl sites for hydroxylation is 2. The first-order valence-corrected chi connectivity index (χ1v) is 6.69. The topological polar surface area (TPSA) is 102 Å². The molecule has 0 aliphatic rings. The maximum absolute atomic E-state index is 12.0. The monoisotopic (exact) mass is 389 g/mol. The standard InChI is InChI=1S/C11H12IN5O3/c1-16-5-6(11(19)20)8(15-16)4-13-10(18)9-7(12)3-14-17(9)2/h3,5H,4H2,1-2H3,(H,13,18)(H,19,20). The van der Waals surface area contributed by atoms with Crippen LogP contribution < -0.4 is 5.32 Å².